The van der Waals surface area contributed by atoms with E-state index in [-0.39, 0.29) is 17.4 Å². The monoisotopic (exact) mass is 355 g/mol. The van der Waals surface area contributed by atoms with Gasteiger partial charge >= 0.3 is 0 Å². The van der Waals surface area contributed by atoms with Gasteiger partial charge in [-0.3, -0.25) is 4.79 Å². The van der Waals surface area contributed by atoms with Crippen LogP contribution in [0.15, 0.2) is 48.5 Å². The van der Waals surface area contributed by atoms with E-state index in [0.29, 0.717) is 11.5 Å². The average molecular weight is 355 g/mol. The van der Waals surface area contributed by atoms with Gasteiger partial charge in [-0.15, -0.1) is 0 Å². The Morgan fingerprint density at radius 1 is 0.962 bits per heavy atom. The van der Waals surface area contributed by atoms with Crippen LogP contribution in [0, 0.1) is 0 Å². The fourth-order valence-corrected chi connectivity index (χ4v) is 2.65. The quantitative estimate of drug-likeness (QED) is 0.821. The lowest BCUT2D eigenvalue weighted by Crippen LogP contribution is -2.37. The van der Waals surface area contributed by atoms with Gasteiger partial charge in [-0.05, 0) is 42.5 Å². The van der Waals surface area contributed by atoms with Crippen molar-refractivity contribution in [1.29, 1.82) is 0 Å². The Morgan fingerprint density at radius 2 is 1.54 bits per heavy atom. The van der Waals surface area contributed by atoms with Gasteiger partial charge in [0.15, 0.2) is 17.6 Å². The average Bonchev–Trinajstić information content (AvgIpc) is 2.61. The number of para-hydroxylation sites is 2. The second kappa shape index (κ2) is 8.26. The van der Waals surface area contributed by atoms with Gasteiger partial charge in [0.25, 0.3) is 5.91 Å². The Balaban J connectivity index is 1.99. The van der Waals surface area contributed by atoms with Gasteiger partial charge in [-0.25, -0.2) is 0 Å². The van der Waals surface area contributed by atoms with Crippen molar-refractivity contribution in [3.05, 3.63) is 59.7 Å². The van der Waals surface area contributed by atoms with Gasteiger partial charge in [-0.1, -0.05) is 57.2 Å². The number of ether oxygens (including phenoxy) is 2. The number of nitrogens with one attached hydrogen (secondary N) is 1. The predicted molar refractivity (Wildman–Crippen MR) is 105 cm³/mol. The summed E-state index contributed by atoms with van der Waals surface area (Å²) < 4.78 is 11.0. The van der Waals surface area contributed by atoms with E-state index < -0.39 is 6.10 Å². The van der Waals surface area contributed by atoms with Crippen molar-refractivity contribution in [2.75, 3.05) is 7.11 Å². The highest BCUT2D eigenvalue weighted by molar-refractivity contribution is 5.81. The summed E-state index contributed by atoms with van der Waals surface area (Å²) in [5, 5.41) is 3.01. The molecular formula is C22H29NO3. The number of amides is 1. The normalized spacial score (nSPS) is 13.6. The van der Waals surface area contributed by atoms with E-state index in [0.717, 1.165) is 5.56 Å². The molecular weight excluding hydrogens is 326 g/mol. The second-order valence-electron chi connectivity index (χ2n) is 7.51. The van der Waals surface area contributed by atoms with Crippen molar-refractivity contribution in [2.45, 2.75) is 52.2 Å². The van der Waals surface area contributed by atoms with Gasteiger partial charge in [0.2, 0.25) is 0 Å². The molecule has 0 spiro atoms. The van der Waals surface area contributed by atoms with Crippen LogP contribution in [0.3, 0.4) is 0 Å². The van der Waals surface area contributed by atoms with Crippen LogP contribution in [-0.4, -0.2) is 19.1 Å². The summed E-state index contributed by atoms with van der Waals surface area (Å²) >= 11 is 0. The Morgan fingerprint density at radius 3 is 2.08 bits per heavy atom. The molecule has 140 valence electrons. The topological polar surface area (TPSA) is 47.6 Å². The van der Waals surface area contributed by atoms with E-state index in [1.165, 1.54) is 5.56 Å². The Kier molecular flexibility index (Phi) is 6.30. The van der Waals surface area contributed by atoms with Crippen molar-refractivity contribution >= 4 is 5.91 Å². The maximum absolute atomic E-state index is 12.5. The van der Waals surface area contributed by atoms with Crippen molar-refractivity contribution in [3.8, 4) is 11.5 Å². The Bertz CT molecular complexity index is 732. The molecule has 0 radical (unpaired) electrons. The Hall–Kier alpha value is -2.49. The van der Waals surface area contributed by atoms with Crippen LogP contribution in [0.25, 0.3) is 0 Å². The molecule has 0 aliphatic heterocycles. The molecule has 4 heteroatoms. The zero-order valence-electron chi connectivity index (χ0n) is 16.5. The summed E-state index contributed by atoms with van der Waals surface area (Å²) in [4.78, 5) is 12.5. The molecule has 2 aromatic rings. The molecule has 0 heterocycles. The molecule has 26 heavy (non-hydrogen) atoms. The molecule has 0 bridgehead atoms. The maximum atomic E-state index is 12.5. The third-order valence-electron chi connectivity index (χ3n) is 4.38. The van der Waals surface area contributed by atoms with E-state index >= 15 is 0 Å². The van der Waals surface area contributed by atoms with Crippen molar-refractivity contribution < 1.29 is 14.3 Å². The number of hydrogen-bond acceptors (Lipinski definition) is 3. The largest absolute Gasteiger partial charge is 0.493 e. The lowest BCUT2D eigenvalue weighted by Gasteiger charge is -2.22. The lowest BCUT2D eigenvalue weighted by molar-refractivity contribution is -0.127. The molecule has 0 saturated carbocycles. The summed E-state index contributed by atoms with van der Waals surface area (Å²) in [5.41, 5.74) is 2.45. The molecule has 2 rings (SSSR count). The zero-order valence-corrected chi connectivity index (χ0v) is 16.5. The molecule has 0 saturated heterocycles. The number of methoxy groups -OCH3 is 1. The van der Waals surface area contributed by atoms with Gasteiger partial charge in [0, 0.05) is 0 Å². The SMILES string of the molecule is COc1ccccc1O[C@H](C)C(=O)N[C@H](C)c1ccc(C(C)(C)C)cc1. The maximum Gasteiger partial charge on any atom is 0.261 e. The van der Waals surface area contributed by atoms with Crippen LogP contribution in [0.1, 0.15) is 51.8 Å². The first-order chi connectivity index (χ1) is 12.2. The summed E-state index contributed by atoms with van der Waals surface area (Å²) in [5.74, 6) is 1.00. The van der Waals surface area contributed by atoms with E-state index in [1.54, 1.807) is 26.2 Å². The number of carbonyl (C=O) groups is 1. The minimum atomic E-state index is -0.623. The summed E-state index contributed by atoms with van der Waals surface area (Å²) in [7, 11) is 1.58. The second-order valence-corrected chi connectivity index (χ2v) is 7.51. The van der Waals surface area contributed by atoms with Gasteiger partial charge in [0.05, 0.1) is 13.2 Å². The number of hydrogen-bond donors (Lipinski definition) is 1. The molecule has 0 aliphatic rings. The molecule has 1 N–H and O–H groups in total. The van der Waals surface area contributed by atoms with Crippen LogP contribution in [0.2, 0.25) is 0 Å². The van der Waals surface area contributed by atoms with Gasteiger partial charge in [-0.2, -0.15) is 0 Å². The van der Waals surface area contributed by atoms with Crippen LogP contribution < -0.4 is 14.8 Å². The number of rotatable bonds is 6. The van der Waals surface area contributed by atoms with Gasteiger partial charge in [0.1, 0.15) is 0 Å². The zero-order chi connectivity index (χ0) is 19.3. The molecule has 1 amide bonds. The minimum Gasteiger partial charge on any atom is -0.493 e. The first-order valence-corrected chi connectivity index (χ1v) is 8.93. The minimum absolute atomic E-state index is 0.0970. The molecule has 4 nitrogen and oxygen atoms in total. The molecule has 0 aromatic heterocycles. The summed E-state index contributed by atoms with van der Waals surface area (Å²) in [6.07, 6.45) is -0.623. The first-order valence-electron chi connectivity index (χ1n) is 8.93. The van der Waals surface area contributed by atoms with Crippen LogP contribution in [0.5, 0.6) is 11.5 Å². The van der Waals surface area contributed by atoms with Crippen molar-refractivity contribution in [1.82, 2.24) is 5.32 Å². The fraction of sp³-hybridized carbons (Fsp3) is 0.409. The standard InChI is InChI=1S/C22H29NO3/c1-15(17-11-13-18(14-12-17)22(3,4)5)23-21(24)16(2)26-20-10-8-7-9-19(20)25-6/h7-16H,1-6H3,(H,23,24)/t15-,16-/m1/s1. The number of carbonyl (C=O) groups excluding carboxylic acids is 1. The highest BCUT2D eigenvalue weighted by atomic mass is 16.5. The molecule has 0 aliphatic carbocycles. The van der Waals surface area contributed by atoms with Crippen molar-refractivity contribution in [2.24, 2.45) is 0 Å². The van der Waals surface area contributed by atoms with Crippen LogP contribution in [0.4, 0.5) is 0 Å². The summed E-state index contributed by atoms with van der Waals surface area (Å²) in [6, 6.07) is 15.6. The summed E-state index contributed by atoms with van der Waals surface area (Å²) in [6.45, 7) is 10.3. The predicted octanol–water partition coefficient (Wildman–Crippen LogP) is 4.64. The third-order valence-corrected chi connectivity index (χ3v) is 4.38. The van der Waals surface area contributed by atoms with Crippen LogP contribution in [-0.2, 0) is 10.2 Å². The van der Waals surface area contributed by atoms with E-state index in [9.17, 15) is 4.79 Å². The van der Waals surface area contributed by atoms with Gasteiger partial charge < -0.3 is 14.8 Å². The molecule has 0 fully saturated rings. The highest BCUT2D eigenvalue weighted by Crippen LogP contribution is 2.27. The van der Waals surface area contributed by atoms with E-state index in [1.807, 2.05) is 19.1 Å². The Labute approximate surface area is 156 Å². The fourth-order valence-electron chi connectivity index (χ4n) is 2.65. The molecule has 2 atom stereocenters. The van der Waals surface area contributed by atoms with Crippen molar-refractivity contribution in [3.63, 3.8) is 0 Å². The third kappa shape index (κ3) is 5.01. The number of benzene rings is 2. The van der Waals surface area contributed by atoms with E-state index in [2.05, 4.69) is 50.4 Å². The first kappa shape index (κ1) is 19.8. The molecule has 2 aromatic carbocycles. The molecule has 0 unspecified atom stereocenters. The lowest BCUT2D eigenvalue weighted by atomic mass is 9.86. The smallest absolute Gasteiger partial charge is 0.261 e. The van der Waals surface area contributed by atoms with Crippen LogP contribution >= 0.6 is 0 Å². The highest BCUT2D eigenvalue weighted by Gasteiger charge is 2.20. The van der Waals surface area contributed by atoms with E-state index in [4.69, 9.17) is 9.47 Å².